The molecule has 1 aliphatic rings. The fraction of sp³-hybridized carbons (Fsp3) is 0.375. The molecule has 1 aromatic heterocycles. The summed E-state index contributed by atoms with van der Waals surface area (Å²) in [4.78, 5) is 13.1. The largest absolute Gasteiger partial charge is 0.508 e. The maximum atomic E-state index is 9.66. The Bertz CT molecular complexity index is 598. The Morgan fingerprint density at radius 1 is 1.09 bits per heavy atom. The van der Waals surface area contributed by atoms with E-state index in [0.717, 1.165) is 37.7 Å². The summed E-state index contributed by atoms with van der Waals surface area (Å²) in [5.41, 5.74) is 7.03. The number of hydrogen-bond donors (Lipinski definition) is 2. The second-order valence-corrected chi connectivity index (χ2v) is 5.42. The molecule has 116 valence electrons. The van der Waals surface area contributed by atoms with Crippen molar-refractivity contribution in [3.8, 4) is 5.75 Å². The average Bonchev–Trinajstić information content (AvgIpc) is 2.57. The van der Waals surface area contributed by atoms with Crippen LogP contribution in [0.2, 0.25) is 0 Å². The topological polar surface area (TPSA) is 78.5 Å². The van der Waals surface area contributed by atoms with Gasteiger partial charge in [0.15, 0.2) is 0 Å². The van der Waals surface area contributed by atoms with Gasteiger partial charge in [-0.05, 0) is 23.8 Å². The molecule has 6 heteroatoms. The van der Waals surface area contributed by atoms with E-state index >= 15 is 0 Å². The number of rotatable bonds is 4. The summed E-state index contributed by atoms with van der Waals surface area (Å²) in [7, 11) is 0. The minimum Gasteiger partial charge on any atom is -0.508 e. The molecule has 6 nitrogen and oxygen atoms in total. The number of anilines is 1. The van der Waals surface area contributed by atoms with Crippen molar-refractivity contribution in [2.24, 2.45) is 5.73 Å². The van der Waals surface area contributed by atoms with E-state index in [0.29, 0.717) is 6.54 Å². The molecule has 1 unspecified atom stereocenters. The Morgan fingerprint density at radius 2 is 1.82 bits per heavy atom. The summed E-state index contributed by atoms with van der Waals surface area (Å²) >= 11 is 0. The molecule has 0 radical (unpaired) electrons. The van der Waals surface area contributed by atoms with Crippen LogP contribution in [0.15, 0.2) is 42.7 Å². The first kappa shape index (κ1) is 14.7. The van der Waals surface area contributed by atoms with E-state index in [2.05, 4.69) is 19.8 Å². The van der Waals surface area contributed by atoms with Crippen LogP contribution in [0.25, 0.3) is 0 Å². The molecule has 0 spiro atoms. The van der Waals surface area contributed by atoms with Crippen LogP contribution in [-0.2, 0) is 0 Å². The summed E-state index contributed by atoms with van der Waals surface area (Å²) < 4.78 is 0. The van der Waals surface area contributed by atoms with Crippen molar-refractivity contribution in [3.05, 3.63) is 48.3 Å². The lowest BCUT2D eigenvalue weighted by molar-refractivity contribution is 0.189. The maximum absolute atomic E-state index is 9.66. The van der Waals surface area contributed by atoms with Gasteiger partial charge in [-0.3, -0.25) is 4.90 Å². The molecule has 2 heterocycles. The number of nitrogens with two attached hydrogens (primary N) is 1. The van der Waals surface area contributed by atoms with Crippen molar-refractivity contribution in [3.63, 3.8) is 0 Å². The molecule has 1 atom stereocenters. The van der Waals surface area contributed by atoms with Crippen LogP contribution in [-0.4, -0.2) is 52.7 Å². The normalized spacial score (nSPS) is 17.4. The lowest BCUT2D eigenvalue weighted by Crippen LogP contribution is -2.49. The number of phenols is 1. The third-order valence-electron chi connectivity index (χ3n) is 4.07. The predicted octanol–water partition coefficient (Wildman–Crippen LogP) is 1.00. The van der Waals surface area contributed by atoms with Gasteiger partial charge in [0.25, 0.3) is 0 Å². The zero-order chi connectivity index (χ0) is 15.4. The molecule has 22 heavy (non-hydrogen) atoms. The molecule has 0 saturated carbocycles. The van der Waals surface area contributed by atoms with E-state index in [1.54, 1.807) is 24.5 Å². The van der Waals surface area contributed by atoms with E-state index in [1.165, 1.54) is 0 Å². The van der Waals surface area contributed by atoms with Gasteiger partial charge in [-0.1, -0.05) is 12.1 Å². The Hall–Kier alpha value is -2.18. The van der Waals surface area contributed by atoms with Crippen LogP contribution in [0.5, 0.6) is 5.75 Å². The van der Waals surface area contributed by atoms with Crippen LogP contribution in [0.3, 0.4) is 0 Å². The summed E-state index contributed by atoms with van der Waals surface area (Å²) in [5.74, 6) is 1.07. The van der Waals surface area contributed by atoms with Crippen LogP contribution in [0, 0.1) is 0 Å². The van der Waals surface area contributed by atoms with Crippen molar-refractivity contribution in [1.82, 2.24) is 14.9 Å². The van der Waals surface area contributed by atoms with Gasteiger partial charge in [-0.25, -0.2) is 9.97 Å². The van der Waals surface area contributed by atoms with Crippen molar-refractivity contribution in [1.29, 1.82) is 0 Å². The van der Waals surface area contributed by atoms with Gasteiger partial charge in [0.1, 0.15) is 5.75 Å². The molecule has 1 saturated heterocycles. The minimum absolute atomic E-state index is 0.131. The summed E-state index contributed by atoms with van der Waals surface area (Å²) in [6.07, 6.45) is 3.54. The quantitative estimate of drug-likeness (QED) is 0.877. The molecular formula is C16H21N5O. The van der Waals surface area contributed by atoms with Crippen molar-refractivity contribution < 1.29 is 5.11 Å². The molecule has 1 fully saturated rings. The molecule has 0 bridgehead atoms. The van der Waals surface area contributed by atoms with E-state index < -0.39 is 0 Å². The number of hydrogen-bond acceptors (Lipinski definition) is 6. The molecule has 0 aliphatic carbocycles. The number of phenolic OH excluding ortho intramolecular Hbond substituents is 1. The summed E-state index contributed by atoms with van der Waals surface area (Å²) in [6, 6.07) is 9.31. The first-order valence-corrected chi connectivity index (χ1v) is 7.53. The number of benzene rings is 1. The first-order valence-electron chi connectivity index (χ1n) is 7.53. The SMILES string of the molecule is NCC(c1cccc(O)c1)N1CCN(c2ncccn2)CC1. The van der Waals surface area contributed by atoms with E-state index in [9.17, 15) is 5.11 Å². The molecule has 3 N–H and O–H groups in total. The summed E-state index contributed by atoms with van der Waals surface area (Å²) in [6.45, 7) is 4.08. The van der Waals surface area contributed by atoms with Crippen LogP contribution >= 0.6 is 0 Å². The van der Waals surface area contributed by atoms with E-state index in [-0.39, 0.29) is 11.8 Å². The summed E-state index contributed by atoms with van der Waals surface area (Å²) in [5, 5.41) is 9.66. The number of aromatic nitrogens is 2. The zero-order valence-electron chi connectivity index (χ0n) is 12.5. The minimum atomic E-state index is 0.131. The van der Waals surface area contributed by atoms with Crippen molar-refractivity contribution in [2.45, 2.75) is 6.04 Å². The Kier molecular flexibility index (Phi) is 4.50. The lowest BCUT2D eigenvalue weighted by Gasteiger charge is -2.39. The number of nitrogens with zero attached hydrogens (tertiary/aromatic N) is 4. The van der Waals surface area contributed by atoms with E-state index in [4.69, 9.17) is 5.73 Å². The molecular weight excluding hydrogens is 278 g/mol. The van der Waals surface area contributed by atoms with Crippen LogP contribution in [0.1, 0.15) is 11.6 Å². The number of aromatic hydroxyl groups is 1. The van der Waals surface area contributed by atoms with E-state index in [1.807, 2.05) is 18.2 Å². The number of piperazine rings is 1. The van der Waals surface area contributed by atoms with Crippen molar-refractivity contribution in [2.75, 3.05) is 37.6 Å². The second kappa shape index (κ2) is 6.72. The highest BCUT2D eigenvalue weighted by Crippen LogP contribution is 2.24. The fourth-order valence-electron chi connectivity index (χ4n) is 2.92. The lowest BCUT2D eigenvalue weighted by atomic mass is 10.0. The highest BCUT2D eigenvalue weighted by molar-refractivity contribution is 5.31. The van der Waals surface area contributed by atoms with Crippen LogP contribution < -0.4 is 10.6 Å². The molecule has 0 amide bonds. The van der Waals surface area contributed by atoms with Gasteiger partial charge in [-0.15, -0.1) is 0 Å². The third kappa shape index (κ3) is 3.18. The molecule has 1 aliphatic heterocycles. The zero-order valence-corrected chi connectivity index (χ0v) is 12.5. The second-order valence-electron chi connectivity index (χ2n) is 5.42. The standard InChI is InChI=1S/C16H21N5O/c17-12-15(13-3-1-4-14(22)11-13)20-7-9-21(10-8-20)16-18-5-2-6-19-16/h1-6,11,15,22H,7-10,12,17H2. The van der Waals surface area contributed by atoms with Gasteiger partial charge in [0, 0.05) is 51.2 Å². The smallest absolute Gasteiger partial charge is 0.225 e. The highest BCUT2D eigenvalue weighted by atomic mass is 16.3. The maximum Gasteiger partial charge on any atom is 0.225 e. The average molecular weight is 299 g/mol. The first-order chi connectivity index (χ1) is 10.8. The highest BCUT2D eigenvalue weighted by Gasteiger charge is 2.25. The van der Waals surface area contributed by atoms with Gasteiger partial charge in [0.05, 0.1) is 0 Å². The predicted molar refractivity (Wildman–Crippen MR) is 85.7 cm³/mol. The Labute approximate surface area is 130 Å². The molecule has 1 aromatic carbocycles. The van der Waals surface area contributed by atoms with Crippen LogP contribution in [0.4, 0.5) is 5.95 Å². The molecule has 2 aromatic rings. The van der Waals surface area contributed by atoms with Gasteiger partial charge < -0.3 is 15.7 Å². The van der Waals surface area contributed by atoms with Gasteiger partial charge >= 0.3 is 0 Å². The van der Waals surface area contributed by atoms with Crippen molar-refractivity contribution >= 4 is 5.95 Å². The van der Waals surface area contributed by atoms with Gasteiger partial charge in [0.2, 0.25) is 5.95 Å². The van der Waals surface area contributed by atoms with Gasteiger partial charge in [-0.2, -0.15) is 0 Å². The Balaban J connectivity index is 1.67. The third-order valence-corrected chi connectivity index (χ3v) is 4.07. The monoisotopic (exact) mass is 299 g/mol. The molecule has 3 rings (SSSR count). The Morgan fingerprint density at radius 3 is 2.45 bits per heavy atom. The fourth-order valence-corrected chi connectivity index (χ4v) is 2.92.